The van der Waals surface area contributed by atoms with Crippen LogP contribution in [-0.4, -0.2) is 31.0 Å². The smallest absolute Gasteiger partial charge is 0.251 e. The zero-order chi connectivity index (χ0) is 17.9. The number of amides is 1. The molecule has 6 heteroatoms. The van der Waals surface area contributed by atoms with Crippen molar-refractivity contribution in [2.24, 2.45) is 0 Å². The van der Waals surface area contributed by atoms with Crippen molar-refractivity contribution in [2.75, 3.05) is 0 Å². The van der Waals surface area contributed by atoms with Crippen LogP contribution >= 0.6 is 0 Å². The first-order valence-electron chi connectivity index (χ1n) is 8.29. The molecule has 1 amide bonds. The van der Waals surface area contributed by atoms with Crippen molar-refractivity contribution in [1.82, 2.24) is 19.7 Å². The zero-order valence-corrected chi connectivity index (χ0v) is 14.4. The van der Waals surface area contributed by atoms with Gasteiger partial charge in [-0.25, -0.2) is 9.97 Å². The van der Waals surface area contributed by atoms with Gasteiger partial charge in [0.05, 0.1) is 17.8 Å². The van der Waals surface area contributed by atoms with E-state index < -0.39 is 5.60 Å². The molecule has 6 nitrogen and oxygen atoms in total. The fraction of sp³-hybridized carbons (Fsp3) is 0.316. The Hall–Kier alpha value is -2.73. The zero-order valence-electron chi connectivity index (χ0n) is 14.4. The number of rotatable bonds is 6. The Labute approximate surface area is 146 Å². The second-order valence-electron chi connectivity index (χ2n) is 6.75. The van der Waals surface area contributed by atoms with E-state index in [2.05, 4.69) is 15.3 Å². The molecule has 1 aromatic carbocycles. The molecular formula is C19H22N4O2. The molecule has 2 aromatic heterocycles. The molecular weight excluding hydrogens is 316 g/mol. The van der Waals surface area contributed by atoms with Gasteiger partial charge in [0.15, 0.2) is 0 Å². The van der Waals surface area contributed by atoms with Crippen molar-refractivity contribution in [3.63, 3.8) is 0 Å². The average Bonchev–Trinajstić information content (AvgIpc) is 3.00. The lowest BCUT2D eigenvalue weighted by Gasteiger charge is -2.16. The molecule has 0 aliphatic carbocycles. The molecule has 2 heterocycles. The van der Waals surface area contributed by atoms with Crippen LogP contribution in [-0.2, 0) is 13.0 Å². The number of hydrogen-bond acceptors (Lipinski definition) is 4. The van der Waals surface area contributed by atoms with Crippen LogP contribution in [0.4, 0.5) is 0 Å². The molecule has 0 fully saturated rings. The molecule has 0 saturated carbocycles. The topological polar surface area (TPSA) is 79.5 Å². The molecule has 25 heavy (non-hydrogen) atoms. The minimum Gasteiger partial charge on any atom is -0.390 e. The van der Waals surface area contributed by atoms with Crippen LogP contribution in [0, 0.1) is 0 Å². The van der Waals surface area contributed by atoms with Crippen molar-refractivity contribution in [1.29, 1.82) is 0 Å². The summed E-state index contributed by atoms with van der Waals surface area (Å²) >= 11 is 0. The van der Waals surface area contributed by atoms with E-state index in [4.69, 9.17) is 0 Å². The first-order valence-corrected chi connectivity index (χ1v) is 8.29. The van der Waals surface area contributed by atoms with Gasteiger partial charge in [-0.2, -0.15) is 0 Å². The van der Waals surface area contributed by atoms with Crippen LogP contribution in [0.3, 0.4) is 0 Å². The molecule has 3 aromatic rings. The van der Waals surface area contributed by atoms with Gasteiger partial charge in [0.1, 0.15) is 0 Å². The molecule has 2 N–H and O–H groups in total. The summed E-state index contributed by atoms with van der Waals surface area (Å²) < 4.78 is 1.82. The Balaban J connectivity index is 1.57. The van der Waals surface area contributed by atoms with E-state index in [1.54, 1.807) is 32.2 Å². The first kappa shape index (κ1) is 17.1. The Bertz CT molecular complexity index is 830. The Kier molecular flexibility index (Phi) is 4.81. The van der Waals surface area contributed by atoms with Crippen molar-refractivity contribution in [3.8, 4) is 0 Å². The molecule has 130 valence electrons. The molecule has 0 unspecified atom stereocenters. The summed E-state index contributed by atoms with van der Waals surface area (Å²) in [6.07, 6.45) is 6.86. The third-order valence-electron chi connectivity index (χ3n) is 3.96. The number of fused-ring (bicyclic) bond motifs is 1. The van der Waals surface area contributed by atoms with E-state index in [0.717, 1.165) is 17.7 Å². The highest BCUT2D eigenvalue weighted by Gasteiger charge is 2.12. The van der Waals surface area contributed by atoms with Crippen molar-refractivity contribution in [3.05, 3.63) is 65.7 Å². The van der Waals surface area contributed by atoms with Crippen LogP contribution in [0.5, 0.6) is 0 Å². The number of imidazole rings is 1. The van der Waals surface area contributed by atoms with Crippen LogP contribution < -0.4 is 5.32 Å². The lowest BCUT2D eigenvalue weighted by Crippen LogP contribution is -2.23. The van der Waals surface area contributed by atoms with E-state index in [1.807, 2.05) is 35.0 Å². The highest BCUT2D eigenvalue weighted by atomic mass is 16.3. The number of hydrogen-bond donors (Lipinski definition) is 2. The van der Waals surface area contributed by atoms with Crippen LogP contribution in [0.25, 0.3) is 5.78 Å². The van der Waals surface area contributed by atoms with Gasteiger partial charge in [-0.05, 0) is 50.5 Å². The van der Waals surface area contributed by atoms with Gasteiger partial charge in [-0.3, -0.25) is 9.20 Å². The van der Waals surface area contributed by atoms with Crippen molar-refractivity contribution < 1.29 is 9.90 Å². The standard InChI is InChI=1S/C19H22N4O2/c1-19(2,25)9-8-14-4-6-15(7-5-14)17(24)21-12-16-13-23-11-3-10-20-18(23)22-16/h3-7,10-11,13,25H,8-9,12H2,1-2H3,(H,21,24). The highest BCUT2D eigenvalue weighted by Crippen LogP contribution is 2.14. The van der Waals surface area contributed by atoms with E-state index in [-0.39, 0.29) is 5.91 Å². The third kappa shape index (κ3) is 4.64. The number of aryl methyl sites for hydroxylation is 1. The summed E-state index contributed by atoms with van der Waals surface area (Å²) in [7, 11) is 0. The SMILES string of the molecule is CC(C)(O)CCc1ccc(C(=O)NCc2cn3cccnc3n2)cc1. The summed E-state index contributed by atoms with van der Waals surface area (Å²) in [6.45, 7) is 3.94. The number of nitrogens with one attached hydrogen (secondary N) is 1. The van der Waals surface area contributed by atoms with Gasteiger partial charge < -0.3 is 10.4 Å². The number of nitrogens with zero attached hydrogens (tertiary/aromatic N) is 3. The molecule has 0 spiro atoms. The number of aliphatic hydroxyl groups is 1. The Morgan fingerprint density at radius 3 is 2.72 bits per heavy atom. The van der Waals surface area contributed by atoms with Crippen LogP contribution in [0.15, 0.2) is 48.9 Å². The van der Waals surface area contributed by atoms with E-state index >= 15 is 0 Å². The summed E-state index contributed by atoms with van der Waals surface area (Å²) in [5.41, 5.74) is 1.78. The second kappa shape index (κ2) is 7.03. The number of aromatic nitrogens is 3. The lowest BCUT2D eigenvalue weighted by molar-refractivity contribution is 0.0713. The van der Waals surface area contributed by atoms with Gasteiger partial charge in [0.2, 0.25) is 5.78 Å². The maximum absolute atomic E-state index is 12.3. The minimum absolute atomic E-state index is 0.140. The molecule has 0 saturated heterocycles. The summed E-state index contributed by atoms with van der Waals surface area (Å²) in [6, 6.07) is 9.29. The van der Waals surface area contributed by atoms with Crippen LogP contribution in [0.2, 0.25) is 0 Å². The molecule has 0 atom stereocenters. The van der Waals surface area contributed by atoms with Gasteiger partial charge in [-0.15, -0.1) is 0 Å². The van der Waals surface area contributed by atoms with Gasteiger partial charge >= 0.3 is 0 Å². The summed E-state index contributed by atoms with van der Waals surface area (Å²) in [4.78, 5) is 20.8. The lowest BCUT2D eigenvalue weighted by atomic mass is 9.98. The largest absolute Gasteiger partial charge is 0.390 e. The maximum Gasteiger partial charge on any atom is 0.251 e. The average molecular weight is 338 g/mol. The first-order chi connectivity index (χ1) is 11.9. The summed E-state index contributed by atoms with van der Waals surface area (Å²) in [5, 5.41) is 12.6. The van der Waals surface area contributed by atoms with Gasteiger partial charge in [0.25, 0.3) is 5.91 Å². The predicted octanol–water partition coefficient (Wildman–Crippen LogP) is 2.36. The van der Waals surface area contributed by atoms with Crippen molar-refractivity contribution >= 4 is 11.7 Å². The van der Waals surface area contributed by atoms with E-state index in [0.29, 0.717) is 24.3 Å². The fourth-order valence-corrected chi connectivity index (χ4v) is 2.51. The molecule has 0 bridgehead atoms. The van der Waals surface area contributed by atoms with Gasteiger partial charge in [0, 0.05) is 24.2 Å². The number of benzene rings is 1. The third-order valence-corrected chi connectivity index (χ3v) is 3.96. The Morgan fingerprint density at radius 1 is 1.28 bits per heavy atom. The quantitative estimate of drug-likeness (QED) is 0.723. The maximum atomic E-state index is 12.3. The molecule has 0 aliphatic heterocycles. The normalized spacial score (nSPS) is 11.6. The number of carbonyl (C=O) groups excluding carboxylic acids is 1. The van der Waals surface area contributed by atoms with E-state index in [9.17, 15) is 9.90 Å². The van der Waals surface area contributed by atoms with Crippen LogP contribution in [0.1, 0.15) is 41.9 Å². The molecule has 0 aliphatic rings. The minimum atomic E-state index is -0.682. The highest BCUT2D eigenvalue weighted by molar-refractivity contribution is 5.94. The number of carbonyl (C=O) groups is 1. The second-order valence-corrected chi connectivity index (χ2v) is 6.75. The van der Waals surface area contributed by atoms with E-state index in [1.165, 1.54) is 0 Å². The molecule has 3 rings (SSSR count). The fourth-order valence-electron chi connectivity index (χ4n) is 2.51. The molecule has 0 radical (unpaired) electrons. The Morgan fingerprint density at radius 2 is 2.04 bits per heavy atom. The summed E-state index contributed by atoms with van der Waals surface area (Å²) in [5.74, 6) is 0.474. The van der Waals surface area contributed by atoms with Gasteiger partial charge in [-0.1, -0.05) is 12.1 Å². The van der Waals surface area contributed by atoms with Crippen molar-refractivity contribution in [2.45, 2.75) is 38.8 Å². The monoisotopic (exact) mass is 338 g/mol. The predicted molar refractivity (Wildman–Crippen MR) is 95.2 cm³/mol.